The normalized spacial score (nSPS) is 9.91. The molecular formula is C16H13FN2O2S. The lowest BCUT2D eigenvalue weighted by atomic mass is 10.1. The van der Waals surface area contributed by atoms with E-state index in [1.807, 2.05) is 0 Å². The molecule has 0 aliphatic heterocycles. The van der Waals surface area contributed by atoms with Crippen molar-refractivity contribution in [1.82, 2.24) is 5.32 Å². The van der Waals surface area contributed by atoms with Gasteiger partial charge in [-0.15, -0.1) is 0 Å². The molecule has 2 N–H and O–H groups in total. The second-order valence-corrected chi connectivity index (χ2v) is 4.96. The number of hydrogen-bond acceptors (Lipinski definition) is 3. The van der Waals surface area contributed by atoms with Crippen molar-refractivity contribution < 1.29 is 14.0 Å². The Bertz CT molecular complexity index is 746. The molecular weight excluding hydrogens is 303 g/mol. The second-order valence-electron chi connectivity index (χ2n) is 4.56. The van der Waals surface area contributed by atoms with Crippen LogP contribution in [-0.2, 0) is 0 Å². The third-order valence-electron chi connectivity index (χ3n) is 2.84. The Labute approximate surface area is 132 Å². The average Bonchev–Trinajstić information content (AvgIpc) is 2.47. The summed E-state index contributed by atoms with van der Waals surface area (Å²) in [6, 6.07) is 12.0. The SMILES string of the molecule is CC(=O)c1cccc(NC(=S)NC(=O)c2cccc(F)c2)c1. The summed E-state index contributed by atoms with van der Waals surface area (Å²) in [5.74, 6) is -1.08. The predicted molar refractivity (Wildman–Crippen MR) is 86.5 cm³/mol. The van der Waals surface area contributed by atoms with Gasteiger partial charge >= 0.3 is 0 Å². The summed E-state index contributed by atoms with van der Waals surface area (Å²) >= 11 is 5.03. The van der Waals surface area contributed by atoms with E-state index in [1.54, 1.807) is 24.3 Å². The highest BCUT2D eigenvalue weighted by atomic mass is 32.1. The molecule has 0 aromatic heterocycles. The van der Waals surface area contributed by atoms with Crippen LogP contribution in [0, 0.1) is 5.82 Å². The maximum Gasteiger partial charge on any atom is 0.257 e. The first-order valence-electron chi connectivity index (χ1n) is 6.44. The minimum absolute atomic E-state index is 0.0648. The largest absolute Gasteiger partial charge is 0.332 e. The standard InChI is InChI=1S/C16H13FN2O2S/c1-10(20)11-4-3-7-14(9-11)18-16(22)19-15(21)12-5-2-6-13(17)8-12/h2-9H,1H3,(H2,18,19,21,22). The van der Waals surface area contributed by atoms with Crippen molar-refractivity contribution in [2.24, 2.45) is 0 Å². The molecule has 2 aromatic carbocycles. The smallest absolute Gasteiger partial charge is 0.257 e. The van der Waals surface area contributed by atoms with Crippen LogP contribution < -0.4 is 10.6 Å². The van der Waals surface area contributed by atoms with Gasteiger partial charge < -0.3 is 5.32 Å². The molecule has 0 fully saturated rings. The fourth-order valence-electron chi connectivity index (χ4n) is 1.78. The molecule has 1 amide bonds. The summed E-state index contributed by atoms with van der Waals surface area (Å²) in [4.78, 5) is 23.2. The molecule has 0 radical (unpaired) electrons. The number of nitrogens with one attached hydrogen (secondary N) is 2. The molecule has 22 heavy (non-hydrogen) atoms. The third kappa shape index (κ3) is 4.20. The topological polar surface area (TPSA) is 58.2 Å². The molecule has 0 aliphatic carbocycles. The summed E-state index contributed by atoms with van der Waals surface area (Å²) in [5, 5.41) is 5.32. The lowest BCUT2D eigenvalue weighted by Crippen LogP contribution is -2.34. The van der Waals surface area contributed by atoms with Crippen LogP contribution in [0.2, 0.25) is 0 Å². The zero-order chi connectivity index (χ0) is 16.1. The molecule has 4 nitrogen and oxygen atoms in total. The van der Waals surface area contributed by atoms with Gasteiger partial charge in [-0.2, -0.15) is 0 Å². The first-order valence-corrected chi connectivity index (χ1v) is 6.85. The van der Waals surface area contributed by atoms with Crippen LogP contribution in [-0.4, -0.2) is 16.8 Å². The molecule has 0 saturated carbocycles. The van der Waals surface area contributed by atoms with Gasteiger partial charge in [0.15, 0.2) is 10.9 Å². The van der Waals surface area contributed by atoms with Crippen LogP contribution in [0.5, 0.6) is 0 Å². The van der Waals surface area contributed by atoms with Crippen molar-refractivity contribution in [3.63, 3.8) is 0 Å². The van der Waals surface area contributed by atoms with Gasteiger partial charge in [-0.3, -0.25) is 14.9 Å². The number of thiocarbonyl (C=S) groups is 1. The highest BCUT2D eigenvalue weighted by Crippen LogP contribution is 2.11. The van der Waals surface area contributed by atoms with Crippen LogP contribution in [0.3, 0.4) is 0 Å². The molecule has 0 atom stereocenters. The highest BCUT2D eigenvalue weighted by molar-refractivity contribution is 7.80. The summed E-state index contributed by atoms with van der Waals surface area (Å²) in [6.07, 6.45) is 0. The van der Waals surface area contributed by atoms with E-state index in [1.165, 1.54) is 25.1 Å². The number of Topliss-reactive ketones (excluding diaryl/α,β-unsaturated/α-hetero) is 1. The number of hydrogen-bond donors (Lipinski definition) is 2. The van der Waals surface area contributed by atoms with E-state index in [0.29, 0.717) is 11.3 Å². The molecule has 0 saturated heterocycles. The van der Waals surface area contributed by atoms with Gasteiger partial charge in [0.2, 0.25) is 0 Å². The van der Waals surface area contributed by atoms with Gasteiger partial charge in [0.05, 0.1) is 0 Å². The second kappa shape index (κ2) is 6.91. The van der Waals surface area contributed by atoms with Gasteiger partial charge in [-0.25, -0.2) is 4.39 Å². The number of carbonyl (C=O) groups is 2. The summed E-state index contributed by atoms with van der Waals surface area (Å²) in [5.41, 5.74) is 1.28. The van der Waals surface area contributed by atoms with Crippen LogP contribution in [0.4, 0.5) is 10.1 Å². The molecule has 0 heterocycles. The molecule has 0 unspecified atom stereocenters. The molecule has 2 rings (SSSR count). The fraction of sp³-hybridized carbons (Fsp3) is 0.0625. The van der Waals surface area contributed by atoms with Crippen molar-refractivity contribution in [1.29, 1.82) is 0 Å². The Hall–Kier alpha value is -2.60. The van der Waals surface area contributed by atoms with E-state index >= 15 is 0 Å². The van der Waals surface area contributed by atoms with E-state index in [-0.39, 0.29) is 16.5 Å². The van der Waals surface area contributed by atoms with Gasteiger partial charge in [0.25, 0.3) is 5.91 Å². The Morgan fingerprint density at radius 2 is 1.73 bits per heavy atom. The Morgan fingerprint density at radius 3 is 2.41 bits per heavy atom. The van der Waals surface area contributed by atoms with Gasteiger partial charge in [0, 0.05) is 16.8 Å². The van der Waals surface area contributed by atoms with Crippen molar-refractivity contribution >= 4 is 34.7 Å². The Morgan fingerprint density at radius 1 is 1.05 bits per heavy atom. The molecule has 0 aliphatic rings. The van der Waals surface area contributed by atoms with E-state index in [9.17, 15) is 14.0 Å². The first-order chi connectivity index (χ1) is 10.5. The van der Waals surface area contributed by atoms with Crippen molar-refractivity contribution in [3.8, 4) is 0 Å². The summed E-state index contributed by atoms with van der Waals surface area (Å²) < 4.78 is 13.1. The summed E-state index contributed by atoms with van der Waals surface area (Å²) in [6.45, 7) is 1.46. The number of rotatable bonds is 3. The zero-order valence-electron chi connectivity index (χ0n) is 11.7. The van der Waals surface area contributed by atoms with Crippen LogP contribution in [0.15, 0.2) is 48.5 Å². The lowest BCUT2D eigenvalue weighted by Gasteiger charge is -2.10. The van der Waals surface area contributed by atoms with Crippen LogP contribution >= 0.6 is 12.2 Å². The average molecular weight is 316 g/mol. The first kappa shape index (κ1) is 15.8. The molecule has 0 bridgehead atoms. The minimum Gasteiger partial charge on any atom is -0.332 e. The van der Waals surface area contributed by atoms with Gasteiger partial charge in [0.1, 0.15) is 5.82 Å². The van der Waals surface area contributed by atoms with Crippen molar-refractivity contribution in [2.45, 2.75) is 6.92 Å². The van der Waals surface area contributed by atoms with Crippen LogP contribution in [0.25, 0.3) is 0 Å². The van der Waals surface area contributed by atoms with Crippen LogP contribution in [0.1, 0.15) is 27.6 Å². The number of amides is 1. The Balaban J connectivity index is 2.02. The number of halogens is 1. The molecule has 0 spiro atoms. The number of benzene rings is 2. The van der Waals surface area contributed by atoms with Gasteiger partial charge in [-0.1, -0.05) is 18.2 Å². The quantitative estimate of drug-likeness (QED) is 0.674. The minimum atomic E-state index is -0.514. The fourth-order valence-corrected chi connectivity index (χ4v) is 1.99. The van der Waals surface area contributed by atoms with Gasteiger partial charge in [-0.05, 0) is 49.5 Å². The highest BCUT2D eigenvalue weighted by Gasteiger charge is 2.09. The van der Waals surface area contributed by atoms with E-state index in [4.69, 9.17) is 12.2 Å². The number of ketones is 1. The van der Waals surface area contributed by atoms with Crippen molar-refractivity contribution in [2.75, 3.05) is 5.32 Å². The van der Waals surface area contributed by atoms with E-state index < -0.39 is 11.7 Å². The number of carbonyl (C=O) groups excluding carboxylic acids is 2. The molecule has 6 heteroatoms. The Kier molecular flexibility index (Phi) is 4.95. The molecule has 112 valence electrons. The predicted octanol–water partition coefficient (Wildman–Crippen LogP) is 3.16. The monoisotopic (exact) mass is 316 g/mol. The number of anilines is 1. The molecule has 2 aromatic rings. The lowest BCUT2D eigenvalue weighted by molar-refractivity contribution is 0.0975. The van der Waals surface area contributed by atoms with Crippen molar-refractivity contribution in [3.05, 3.63) is 65.5 Å². The third-order valence-corrected chi connectivity index (χ3v) is 3.04. The van der Waals surface area contributed by atoms with E-state index in [0.717, 1.165) is 6.07 Å². The summed E-state index contributed by atoms with van der Waals surface area (Å²) in [7, 11) is 0. The zero-order valence-corrected chi connectivity index (χ0v) is 12.5. The maximum atomic E-state index is 13.1. The van der Waals surface area contributed by atoms with E-state index in [2.05, 4.69) is 10.6 Å². The maximum absolute atomic E-state index is 13.1.